The van der Waals surface area contributed by atoms with Crippen molar-refractivity contribution in [1.29, 1.82) is 0 Å². The van der Waals surface area contributed by atoms with Crippen LogP contribution in [0.1, 0.15) is 37.5 Å². The van der Waals surface area contributed by atoms with E-state index in [1.165, 1.54) is 0 Å². The molecule has 0 fully saturated rings. The Hall–Kier alpha value is -0.730. The lowest BCUT2D eigenvalue weighted by Gasteiger charge is -2.16. The smallest absolute Gasteiger partial charge is 0.405 e. The van der Waals surface area contributed by atoms with E-state index in [4.69, 9.17) is 5.73 Å². The third-order valence-corrected chi connectivity index (χ3v) is 0.407. The Morgan fingerprint density at radius 1 is 1.40 bits per heavy atom. The fourth-order valence-electron chi connectivity index (χ4n) is 0.302. The monoisotopic (exact) mass is 151 g/mol. The molecular formula is C7H21NO2. The van der Waals surface area contributed by atoms with Crippen LogP contribution in [0.15, 0.2) is 0 Å². The summed E-state index contributed by atoms with van der Waals surface area (Å²) in [6.45, 7) is 9.28. The molecule has 3 nitrogen and oxygen atoms in total. The van der Waals surface area contributed by atoms with Crippen molar-refractivity contribution < 1.29 is 12.4 Å². The van der Waals surface area contributed by atoms with Crippen LogP contribution in [0.25, 0.3) is 0 Å². The Morgan fingerprint density at radius 3 is 1.70 bits per heavy atom. The first kappa shape index (κ1) is 12.0. The van der Waals surface area contributed by atoms with Crippen LogP contribution in [-0.2, 0) is 4.74 Å². The Balaban J connectivity index is -0.0000000740. The van der Waals surface area contributed by atoms with E-state index in [-0.39, 0.29) is 2.85 Å². The van der Waals surface area contributed by atoms with Crippen LogP contribution < -0.4 is 5.73 Å². The molecule has 0 unspecified atom stereocenters. The van der Waals surface area contributed by atoms with Gasteiger partial charge in [0.1, 0.15) is 5.60 Å². The van der Waals surface area contributed by atoms with Crippen molar-refractivity contribution in [2.75, 3.05) is 0 Å². The molecule has 3 heteroatoms. The second-order valence-electron chi connectivity index (χ2n) is 2.53. The van der Waals surface area contributed by atoms with Gasteiger partial charge >= 0.3 is 6.09 Å². The van der Waals surface area contributed by atoms with Gasteiger partial charge in [-0.2, -0.15) is 0 Å². The highest BCUT2D eigenvalue weighted by Gasteiger charge is 2.12. The number of ether oxygens (including phenoxy) is 1. The highest BCUT2D eigenvalue weighted by Crippen LogP contribution is 2.04. The molecule has 0 aromatic heterocycles. The summed E-state index contributed by atoms with van der Waals surface area (Å²) in [6.07, 6.45) is -0.725. The average molecular weight is 151 g/mol. The highest BCUT2D eigenvalue weighted by molar-refractivity contribution is 5.65. The standard InChI is InChI=1S/C5H11NO2.C2H6.2H2/c1-5(2,3)8-4(6)7;1-2;;/h1-3H3,(H2,6,7);1-2H3;2*1H. The fourth-order valence-corrected chi connectivity index (χ4v) is 0.302. The molecule has 0 atom stereocenters. The summed E-state index contributed by atoms with van der Waals surface area (Å²) >= 11 is 0. The molecule has 2 N–H and O–H groups in total. The molecule has 0 radical (unpaired) electrons. The third kappa shape index (κ3) is 15.7. The second kappa shape index (κ2) is 5.09. The van der Waals surface area contributed by atoms with Crippen molar-refractivity contribution in [3.8, 4) is 0 Å². The van der Waals surface area contributed by atoms with Crippen LogP contribution >= 0.6 is 0 Å². The predicted molar refractivity (Wildman–Crippen MR) is 46.0 cm³/mol. The number of rotatable bonds is 0. The maximum Gasteiger partial charge on any atom is 0.405 e. The lowest BCUT2D eigenvalue weighted by Crippen LogP contribution is -2.27. The van der Waals surface area contributed by atoms with Gasteiger partial charge in [-0.3, -0.25) is 0 Å². The van der Waals surface area contributed by atoms with E-state index < -0.39 is 11.7 Å². The van der Waals surface area contributed by atoms with Crippen LogP contribution in [0.4, 0.5) is 4.79 Å². The minimum atomic E-state index is -0.725. The largest absolute Gasteiger partial charge is 0.444 e. The maximum atomic E-state index is 10.0. The van der Waals surface area contributed by atoms with Gasteiger partial charge in [0, 0.05) is 2.85 Å². The third-order valence-electron chi connectivity index (χ3n) is 0.407. The van der Waals surface area contributed by atoms with E-state index >= 15 is 0 Å². The molecule has 0 aromatic rings. The lowest BCUT2D eigenvalue weighted by atomic mass is 10.2. The summed E-state index contributed by atoms with van der Waals surface area (Å²) in [5.41, 5.74) is 4.26. The molecule has 0 aliphatic heterocycles. The van der Waals surface area contributed by atoms with Crippen molar-refractivity contribution in [2.24, 2.45) is 5.73 Å². The predicted octanol–water partition coefficient (Wildman–Crippen LogP) is 2.40. The van der Waals surface area contributed by atoms with Crippen LogP contribution in [0.3, 0.4) is 0 Å². The van der Waals surface area contributed by atoms with E-state index in [0.717, 1.165) is 0 Å². The van der Waals surface area contributed by atoms with Gasteiger partial charge in [-0.05, 0) is 20.8 Å². The minimum Gasteiger partial charge on any atom is -0.444 e. The Kier molecular flexibility index (Phi) is 6.10. The normalized spacial score (nSPS) is 9.30. The number of carbonyl (C=O) groups excluding carboxylic acids is 1. The van der Waals surface area contributed by atoms with Gasteiger partial charge in [0.25, 0.3) is 0 Å². The number of hydrogen-bond acceptors (Lipinski definition) is 2. The number of amides is 1. The molecule has 0 rings (SSSR count). The Labute approximate surface area is 65.5 Å². The summed E-state index contributed by atoms with van der Waals surface area (Å²) in [6, 6.07) is 0. The molecule has 0 spiro atoms. The summed E-state index contributed by atoms with van der Waals surface area (Å²) < 4.78 is 4.58. The van der Waals surface area contributed by atoms with Crippen LogP contribution in [0.2, 0.25) is 0 Å². The molecule has 1 amide bonds. The van der Waals surface area contributed by atoms with E-state index in [1.54, 1.807) is 20.8 Å². The zero-order chi connectivity index (χ0) is 8.78. The quantitative estimate of drug-likeness (QED) is 0.578. The topological polar surface area (TPSA) is 52.3 Å². The summed E-state index contributed by atoms with van der Waals surface area (Å²) in [5, 5.41) is 0. The molecule has 0 bridgehead atoms. The summed E-state index contributed by atoms with van der Waals surface area (Å²) in [4.78, 5) is 10.0. The van der Waals surface area contributed by atoms with Crippen LogP contribution in [0, 0.1) is 0 Å². The van der Waals surface area contributed by atoms with Crippen molar-refractivity contribution >= 4 is 6.09 Å². The van der Waals surface area contributed by atoms with Crippen molar-refractivity contribution in [3.05, 3.63) is 0 Å². The lowest BCUT2D eigenvalue weighted by molar-refractivity contribution is 0.0600. The molecule has 0 aliphatic rings. The van der Waals surface area contributed by atoms with Crippen molar-refractivity contribution in [3.63, 3.8) is 0 Å². The number of primary amides is 1. The average Bonchev–Trinajstić information content (AvgIpc) is 1.64. The van der Waals surface area contributed by atoms with Gasteiger partial charge in [-0.1, -0.05) is 13.8 Å². The molecule has 0 saturated heterocycles. The second-order valence-corrected chi connectivity index (χ2v) is 2.53. The molecule has 0 saturated carbocycles. The first-order valence-electron chi connectivity index (χ1n) is 3.40. The van der Waals surface area contributed by atoms with Gasteiger partial charge in [-0.15, -0.1) is 0 Å². The first-order valence-corrected chi connectivity index (χ1v) is 3.40. The number of nitrogens with two attached hydrogens (primary N) is 1. The van der Waals surface area contributed by atoms with Gasteiger partial charge in [0.05, 0.1) is 0 Å². The number of hydrogen-bond donors (Lipinski definition) is 1. The van der Waals surface area contributed by atoms with Crippen LogP contribution in [-0.4, -0.2) is 11.7 Å². The SMILES string of the molecule is CC.CC(C)(C)OC(N)=O.[HH].[HH]. The summed E-state index contributed by atoms with van der Waals surface area (Å²) in [5.74, 6) is 0. The van der Waals surface area contributed by atoms with Gasteiger partial charge in [0.2, 0.25) is 0 Å². The molecular weight excluding hydrogens is 130 g/mol. The molecule has 10 heavy (non-hydrogen) atoms. The molecule has 0 aromatic carbocycles. The van der Waals surface area contributed by atoms with E-state index in [9.17, 15) is 4.79 Å². The highest BCUT2D eigenvalue weighted by atomic mass is 16.6. The maximum absolute atomic E-state index is 10.0. The van der Waals surface area contributed by atoms with Crippen molar-refractivity contribution in [1.82, 2.24) is 0 Å². The Morgan fingerprint density at radius 2 is 1.70 bits per heavy atom. The van der Waals surface area contributed by atoms with Crippen molar-refractivity contribution in [2.45, 2.75) is 40.2 Å². The summed E-state index contributed by atoms with van der Waals surface area (Å²) in [7, 11) is 0. The first-order chi connectivity index (χ1) is 4.42. The zero-order valence-electron chi connectivity index (χ0n) is 7.39. The van der Waals surface area contributed by atoms with E-state index in [2.05, 4.69) is 4.74 Å². The molecule has 66 valence electrons. The Bertz CT molecular complexity index is 102. The van der Waals surface area contributed by atoms with E-state index in [1.807, 2.05) is 13.8 Å². The van der Waals surface area contributed by atoms with Gasteiger partial charge in [0.15, 0.2) is 0 Å². The van der Waals surface area contributed by atoms with Crippen LogP contribution in [0.5, 0.6) is 0 Å². The number of carbonyl (C=O) groups is 1. The molecule has 0 heterocycles. The van der Waals surface area contributed by atoms with Gasteiger partial charge in [-0.25, -0.2) is 4.79 Å². The molecule has 0 aliphatic carbocycles. The van der Waals surface area contributed by atoms with Gasteiger partial charge < -0.3 is 10.5 Å². The van der Waals surface area contributed by atoms with E-state index in [0.29, 0.717) is 0 Å². The minimum absolute atomic E-state index is 0. The zero-order valence-corrected chi connectivity index (χ0v) is 7.39. The fraction of sp³-hybridized carbons (Fsp3) is 0.857.